The van der Waals surface area contributed by atoms with Gasteiger partial charge in [0.05, 0.1) is 12.4 Å². The van der Waals surface area contributed by atoms with Crippen LogP contribution in [0, 0.1) is 17.6 Å². The summed E-state index contributed by atoms with van der Waals surface area (Å²) in [6.07, 6.45) is 15.7. The van der Waals surface area contributed by atoms with Crippen molar-refractivity contribution >= 4 is 53.0 Å². The maximum atomic E-state index is 13.9. The van der Waals surface area contributed by atoms with E-state index in [1.54, 1.807) is 35.7 Å². The molecule has 3 amide bonds. The molecule has 0 bridgehead atoms. The van der Waals surface area contributed by atoms with Crippen molar-refractivity contribution in [3.8, 4) is 23.3 Å². The second kappa shape index (κ2) is 21.7. The summed E-state index contributed by atoms with van der Waals surface area (Å²) < 4.78 is 39.2. The number of thioether (sulfide) groups is 2. The molecule has 0 atom stereocenters. The summed E-state index contributed by atoms with van der Waals surface area (Å²) in [7, 11) is 0. The summed E-state index contributed by atoms with van der Waals surface area (Å²) in [5.74, 6) is -0.383. The third kappa shape index (κ3) is 12.8. The number of hydrogen-bond donors (Lipinski definition) is 4. The molecule has 59 heavy (non-hydrogen) atoms. The van der Waals surface area contributed by atoms with Crippen LogP contribution < -0.4 is 30.3 Å². The maximum Gasteiger partial charge on any atom is 0.257 e. The Morgan fingerprint density at radius 2 is 1.05 bits per heavy atom. The van der Waals surface area contributed by atoms with Gasteiger partial charge in [-0.05, 0) is 137 Å². The van der Waals surface area contributed by atoms with E-state index in [-0.39, 0.29) is 64.8 Å². The molecular weight excluding hydrogens is 818 g/mol. The van der Waals surface area contributed by atoms with Crippen LogP contribution in [-0.2, 0) is 4.79 Å². The van der Waals surface area contributed by atoms with Gasteiger partial charge < -0.3 is 25.4 Å². The van der Waals surface area contributed by atoms with Gasteiger partial charge in [0.15, 0.2) is 0 Å². The number of amides is 3. The number of nitrogens with zero attached hydrogens (tertiary/aromatic N) is 2. The standard InChI is InChI=1S/C24H28FN3O3S.C19H21ClFN3O2S/c1-32-20-7-3-6-19(13-20)31-24-21(12-16(25)14-26-24)23(30)28-18-10-8-17(9-11-18)27-22(29)15-4-2-5-15;1-27-16-4-2-3-15(10-16)26-19-17(9-12(21)11-22-19)18(25)23-13-5-7-14(24-20)8-6-13/h3,6-7,12-15,17-18H,2,4-5,8-11H2,1H3,(H,27,29)(H,28,30);2-4,9-11,13-14,24H,5-8H2,1H3,(H,23,25). The number of benzene rings is 2. The van der Waals surface area contributed by atoms with Crippen LogP contribution in [0.4, 0.5) is 8.78 Å². The molecule has 2 aromatic heterocycles. The lowest BCUT2D eigenvalue weighted by Crippen LogP contribution is -2.46. The quantitative estimate of drug-likeness (QED) is 0.0759. The van der Waals surface area contributed by atoms with Gasteiger partial charge in [-0.3, -0.25) is 14.4 Å². The molecule has 2 heterocycles. The third-order valence-electron chi connectivity index (χ3n) is 10.7. The summed E-state index contributed by atoms with van der Waals surface area (Å²) in [6.45, 7) is 0. The van der Waals surface area contributed by atoms with E-state index < -0.39 is 17.5 Å². The molecule has 314 valence electrons. The number of rotatable bonds is 13. The number of aromatic nitrogens is 2. The lowest BCUT2D eigenvalue weighted by atomic mass is 9.84. The zero-order chi connectivity index (χ0) is 41.7. The molecule has 0 radical (unpaired) electrons. The third-order valence-corrected chi connectivity index (χ3v) is 12.5. The Bertz CT molecular complexity index is 2060. The normalized spacial score (nSPS) is 20.2. The number of halogens is 3. The van der Waals surface area contributed by atoms with Crippen molar-refractivity contribution in [1.29, 1.82) is 0 Å². The minimum absolute atomic E-state index is 0.0229. The molecule has 0 unspecified atom stereocenters. The Morgan fingerprint density at radius 1 is 0.627 bits per heavy atom. The van der Waals surface area contributed by atoms with Gasteiger partial charge in [-0.25, -0.2) is 23.6 Å². The molecule has 7 rings (SSSR count). The van der Waals surface area contributed by atoms with E-state index in [1.807, 2.05) is 48.9 Å². The highest BCUT2D eigenvalue weighted by Gasteiger charge is 2.30. The summed E-state index contributed by atoms with van der Waals surface area (Å²) in [6, 6.07) is 17.6. The SMILES string of the molecule is CSc1cccc(Oc2ncc(F)cc2C(=O)NC2CCC(NC(=O)C3CCC3)CC2)c1.CSc1cccc(Oc2ncc(F)cc2C(=O)NC2CCC(NCl)CC2)c1. The Balaban J connectivity index is 0.000000201. The van der Waals surface area contributed by atoms with Gasteiger partial charge in [0.2, 0.25) is 17.7 Å². The molecular formula is C43H49ClF2N6O5S2. The summed E-state index contributed by atoms with van der Waals surface area (Å²) in [4.78, 5) is 50.5. The van der Waals surface area contributed by atoms with E-state index in [2.05, 4.69) is 30.8 Å². The average molecular weight is 867 g/mol. The highest BCUT2D eigenvalue weighted by molar-refractivity contribution is 7.98. The lowest BCUT2D eigenvalue weighted by Gasteiger charge is -2.32. The molecule has 4 N–H and O–H groups in total. The van der Waals surface area contributed by atoms with E-state index in [0.717, 1.165) is 105 Å². The fraction of sp³-hybridized carbons (Fsp3) is 0.419. The van der Waals surface area contributed by atoms with Crippen LogP contribution in [0.2, 0.25) is 0 Å². The summed E-state index contributed by atoms with van der Waals surface area (Å²) >= 11 is 8.81. The van der Waals surface area contributed by atoms with E-state index in [1.165, 1.54) is 0 Å². The molecule has 3 aliphatic rings. The van der Waals surface area contributed by atoms with Gasteiger partial charge in [0.1, 0.15) is 34.3 Å². The van der Waals surface area contributed by atoms with Gasteiger partial charge in [-0.15, -0.1) is 23.5 Å². The Morgan fingerprint density at radius 3 is 1.44 bits per heavy atom. The number of hydrogen-bond acceptors (Lipinski definition) is 10. The van der Waals surface area contributed by atoms with Crippen LogP contribution in [0.15, 0.2) is 82.8 Å². The van der Waals surface area contributed by atoms with Crippen molar-refractivity contribution in [2.75, 3.05) is 12.5 Å². The first kappa shape index (κ1) is 44.1. The Labute approximate surface area is 357 Å². The largest absolute Gasteiger partial charge is 0.438 e. The zero-order valence-corrected chi connectivity index (χ0v) is 35.4. The van der Waals surface area contributed by atoms with Crippen molar-refractivity contribution < 1.29 is 32.6 Å². The number of nitrogens with one attached hydrogen (secondary N) is 4. The van der Waals surface area contributed by atoms with Crippen LogP contribution in [0.5, 0.6) is 23.3 Å². The van der Waals surface area contributed by atoms with Crippen LogP contribution in [0.1, 0.15) is 91.3 Å². The molecule has 3 fully saturated rings. The van der Waals surface area contributed by atoms with E-state index in [4.69, 9.17) is 21.3 Å². The van der Waals surface area contributed by atoms with Crippen molar-refractivity contribution in [2.24, 2.45) is 5.92 Å². The zero-order valence-electron chi connectivity index (χ0n) is 33.0. The van der Waals surface area contributed by atoms with Crippen LogP contribution in [-0.4, -0.2) is 64.4 Å². The van der Waals surface area contributed by atoms with Gasteiger partial charge in [-0.2, -0.15) is 0 Å². The number of pyridine rings is 2. The number of carbonyl (C=O) groups is 3. The number of carbonyl (C=O) groups excluding carboxylic acids is 3. The smallest absolute Gasteiger partial charge is 0.257 e. The van der Waals surface area contributed by atoms with Crippen LogP contribution >= 0.6 is 35.3 Å². The molecule has 4 aromatic rings. The van der Waals surface area contributed by atoms with Crippen molar-refractivity contribution in [1.82, 2.24) is 30.8 Å². The molecule has 0 saturated heterocycles. The summed E-state index contributed by atoms with van der Waals surface area (Å²) in [5, 5.41) is 9.09. The lowest BCUT2D eigenvalue weighted by molar-refractivity contribution is -0.128. The monoisotopic (exact) mass is 866 g/mol. The van der Waals surface area contributed by atoms with E-state index >= 15 is 0 Å². The molecule has 3 aliphatic carbocycles. The second-order valence-electron chi connectivity index (χ2n) is 14.9. The number of ether oxygens (including phenoxy) is 2. The molecule has 0 spiro atoms. The fourth-order valence-electron chi connectivity index (χ4n) is 7.14. The minimum atomic E-state index is -0.595. The average Bonchev–Trinajstić information content (AvgIpc) is 3.22. The Kier molecular flexibility index (Phi) is 16.2. The molecule has 11 nitrogen and oxygen atoms in total. The van der Waals surface area contributed by atoms with Gasteiger partial charge in [-0.1, -0.05) is 18.6 Å². The second-order valence-corrected chi connectivity index (χ2v) is 16.8. The molecule has 2 aromatic carbocycles. The molecule has 16 heteroatoms. The molecule has 3 saturated carbocycles. The highest BCUT2D eigenvalue weighted by Crippen LogP contribution is 2.31. The first-order valence-corrected chi connectivity index (χ1v) is 22.7. The predicted molar refractivity (Wildman–Crippen MR) is 226 cm³/mol. The van der Waals surface area contributed by atoms with E-state index in [9.17, 15) is 23.2 Å². The van der Waals surface area contributed by atoms with Crippen molar-refractivity contribution in [3.63, 3.8) is 0 Å². The Hall–Kier alpha value is -4.44. The van der Waals surface area contributed by atoms with Crippen LogP contribution in [0.25, 0.3) is 0 Å². The van der Waals surface area contributed by atoms with Gasteiger partial charge in [0, 0.05) is 39.9 Å². The predicted octanol–water partition coefficient (Wildman–Crippen LogP) is 9.21. The summed E-state index contributed by atoms with van der Waals surface area (Å²) in [5.41, 5.74) is 0.155. The van der Waals surface area contributed by atoms with Crippen molar-refractivity contribution in [3.05, 3.63) is 95.8 Å². The van der Waals surface area contributed by atoms with E-state index in [0.29, 0.717) is 11.5 Å². The molecule has 0 aliphatic heterocycles. The fourth-order valence-corrected chi connectivity index (χ4v) is 8.25. The minimum Gasteiger partial charge on any atom is -0.438 e. The van der Waals surface area contributed by atoms with Gasteiger partial charge in [0.25, 0.3) is 11.8 Å². The topological polar surface area (TPSA) is 144 Å². The first-order valence-electron chi connectivity index (χ1n) is 19.8. The van der Waals surface area contributed by atoms with Crippen molar-refractivity contribution in [2.45, 2.75) is 105 Å². The van der Waals surface area contributed by atoms with Crippen LogP contribution in [0.3, 0.4) is 0 Å². The first-order chi connectivity index (χ1) is 28.6. The highest BCUT2D eigenvalue weighted by atomic mass is 35.5. The maximum absolute atomic E-state index is 13.9. The van der Waals surface area contributed by atoms with Gasteiger partial charge >= 0.3 is 0 Å².